The van der Waals surface area contributed by atoms with E-state index in [2.05, 4.69) is 5.32 Å². The van der Waals surface area contributed by atoms with Gasteiger partial charge < -0.3 is 15.5 Å². The molecule has 7 nitrogen and oxygen atoms in total. The zero-order valence-electron chi connectivity index (χ0n) is 9.38. The lowest BCUT2D eigenvalue weighted by atomic mass is 10.1. The van der Waals surface area contributed by atoms with E-state index in [1.165, 1.54) is 12.1 Å². The van der Waals surface area contributed by atoms with Crippen molar-refractivity contribution in [2.45, 2.75) is 12.5 Å². The number of nitrogens with one attached hydrogen (secondary N) is 1. The van der Waals surface area contributed by atoms with Crippen molar-refractivity contribution in [2.24, 2.45) is 0 Å². The average molecular weight is 366 g/mol. The predicted octanol–water partition coefficient (Wildman–Crippen LogP) is 1.45. The molecule has 1 atom stereocenters. The Morgan fingerprint density at radius 1 is 1.61 bits per heavy atom. The Labute approximate surface area is 116 Å². The molecule has 8 heteroatoms. The molecule has 0 heterocycles. The number of nitrogens with zero attached hydrogens (tertiary/aromatic N) is 1. The number of anilines is 1. The lowest BCUT2D eigenvalue weighted by molar-refractivity contribution is -0.384. The first-order chi connectivity index (χ1) is 8.24. The fourth-order valence-electron chi connectivity index (χ4n) is 1.15. The summed E-state index contributed by atoms with van der Waals surface area (Å²) in [6.45, 7) is 0.782. The first-order valence-corrected chi connectivity index (χ1v) is 5.95. The van der Waals surface area contributed by atoms with Crippen LogP contribution in [-0.4, -0.2) is 33.3 Å². The van der Waals surface area contributed by atoms with Crippen molar-refractivity contribution >= 4 is 39.9 Å². The van der Waals surface area contributed by atoms with Gasteiger partial charge in [0.25, 0.3) is 5.69 Å². The van der Waals surface area contributed by atoms with Gasteiger partial charge >= 0.3 is 5.97 Å². The molecule has 0 aliphatic carbocycles. The van der Waals surface area contributed by atoms with Crippen LogP contribution < -0.4 is 5.32 Å². The second kappa shape index (κ2) is 5.48. The third-order valence-electron chi connectivity index (χ3n) is 2.24. The number of benzene rings is 1. The lowest BCUT2D eigenvalue weighted by Crippen LogP contribution is -2.41. The highest BCUT2D eigenvalue weighted by Gasteiger charge is 2.30. The summed E-state index contributed by atoms with van der Waals surface area (Å²) in [5, 5.41) is 31.6. The molecule has 1 aromatic rings. The van der Waals surface area contributed by atoms with Crippen LogP contribution in [0.2, 0.25) is 0 Å². The number of carboxylic acids is 1. The smallest absolute Gasteiger partial charge is 0.337 e. The standard InChI is InChI=1S/C10H11IN2O5/c1-10(16,9(14)15)5-12-7-3-2-6(11)4-8(7)13(17)18/h2-4,12,16H,5H2,1H3,(H,14,15). The van der Waals surface area contributed by atoms with E-state index < -0.39 is 16.5 Å². The molecular weight excluding hydrogens is 355 g/mol. The van der Waals surface area contributed by atoms with Crippen LogP contribution in [0.4, 0.5) is 11.4 Å². The molecule has 0 fully saturated rings. The Balaban J connectivity index is 2.92. The molecule has 0 aliphatic rings. The molecule has 3 N–H and O–H groups in total. The monoisotopic (exact) mass is 366 g/mol. The number of hydrogen-bond donors (Lipinski definition) is 3. The highest BCUT2D eigenvalue weighted by molar-refractivity contribution is 14.1. The number of aliphatic carboxylic acids is 1. The maximum absolute atomic E-state index is 10.8. The molecule has 18 heavy (non-hydrogen) atoms. The number of rotatable bonds is 5. The molecule has 0 aliphatic heterocycles. The highest BCUT2D eigenvalue weighted by Crippen LogP contribution is 2.26. The average Bonchev–Trinajstić information content (AvgIpc) is 2.27. The number of halogens is 1. The summed E-state index contributed by atoms with van der Waals surface area (Å²) in [7, 11) is 0. The van der Waals surface area contributed by atoms with Crippen LogP contribution in [0.5, 0.6) is 0 Å². The molecule has 1 unspecified atom stereocenters. The zero-order chi connectivity index (χ0) is 13.9. The second-order valence-corrected chi connectivity index (χ2v) is 5.10. The molecule has 98 valence electrons. The van der Waals surface area contributed by atoms with Crippen LogP contribution in [0.25, 0.3) is 0 Å². The lowest BCUT2D eigenvalue weighted by Gasteiger charge is -2.19. The van der Waals surface area contributed by atoms with Crippen molar-refractivity contribution in [3.8, 4) is 0 Å². The van der Waals surface area contributed by atoms with E-state index in [9.17, 15) is 20.0 Å². The molecular formula is C10H11IN2O5. The maximum atomic E-state index is 10.8. The van der Waals surface area contributed by atoms with Gasteiger partial charge in [0.15, 0.2) is 5.60 Å². The van der Waals surface area contributed by atoms with Gasteiger partial charge in [0, 0.05) is 9.64 Å². The molecule has 0 amide bonds. The second-order valence-electron chi connectivity index (χ2n) is 3.85. The van der Waals surface area contributed by atoms with Gasteiger partial charge in [-0.1, -0.05) is 0 Å². The molecule has 0 bridgehead atoms. The number of nitro groups is 1. The van der Waals surface area contributed by atoms with Gasteiger partial charge in [0.1, 0.15) is 5.69 Å². The normalized spacial score (nSPS) is 13.7. The molecule has 0 saturated carbocycles. The van der Waals surface area contributed by atoms with Crippen molar-refractivity contribution in [3.05, 3.63) is 31.9 Å². The fourth-order valence-corrected chi connectivity index (χ4v) is 1.62. The minimum Gasteiger partial charge on any atom is -0.479 e. The minimum absolute atomic E-state index is 0.164. The van der Waals surface area contributed by atoms with Gasteiger partial charge in [-0.3, -0.25) is 10.1 Å². The van der Waals surface area contributed by atoms with E-state index in [4.69, 9.17) is 5.11 Å². The van der Waals surface area contributed by atoms with E-state index >= 15 is 0 Å². The van der Waals surface area contributed by atoms with Crippen molar-refractivity contribution in [1.29, 1.82) is 0 Å². The SMILES string of the molecule is CC(O)(CNc1ccc(I)cc1[N+](=O)[O-])C(=O)O. The van der Waals surface area contributed by atoms with E-state index in [0.29, 0.717) is 3.57 Å². The third-order valence-corrected chi connectivity index (χ3v) is 2.91. The topological polar surface area (TPSA) is 113 Å². The van der Waals surface area contributed by atoms with Gasteiger partial charge in [-0.2, -0.15) is 0 Å². The molecule has 0 radical (unpaired) electrons. The Bertz CT molecular complexity index is 489. The van der Waals surface area contributed by atoms with Crippen molar-refractivity contribution in [2.75, 3.05) is 11.9 Å². The van der Waals surface area contributed by atoms with Gasteiger partial charge in [0.2, 0.25) is 0 Å². The summed E-state index contributed by atoms with van der Waals surface area (Å²) in [4.78, 5) is 20.9. The summed E-state index contributed by atoms with van der Waals surface area (Å²) in [6, 6.07) is 4.47. The highest BCUT2D eigenvalue weighted by atomic mass is 127. The number of carboxylic acid groups (broad SMARTS) is 1. The largest absolute Gasteiger partial charge is 0.479 e. The van der Waals surface area contributed by atoms with Gasteiger partial charge in [-0.15, -0.1) is 0 Å². The number of carbonyl (C=O) groups is 1. The first kappa shape index (κ1) is 14.6. The van der Waals surface area contributed by atoms with Crippen LogP contribution in [0, 0.1) is 13.7 Å². The van der Waals surface area contributed by atoms with Crippen LogP contribution in [-0.2, 0) is 4.79 Å². The van der Waals surface area contributed by atoms with Gasteiger partial charge in [-0.05, 0) is 41.6 Å². The van der Waals surface area contributed by atoms with Crippen molar-refractivity contribution < 1.29 is 19.9 Å². The Hall–Kier alpha value is -1.42. The molecule has 1 rings (SSSR count). The van der Waals surface area contributed by atoms with Gasteiger partial charge in [-0.25, -0.2) is 4.79 Å². The Morgan fingerprint density at radius 3 is 2.72 bits per heavy atom. The van der Waals surface area contributed by atoms with Crippen LogP contribution >= 0.6 is 22.6 Å². The Kier molecular flexibility index (Phi) is 4.46. The molecule has 1 aromatic carbocycles. The molecule has 0 aromatic heterocycles. The maximum Gasteiger partial charge on any atom is 0.337 e. The van der Waals surface area contributed by atoms with Crippen LogP contribution in [0.3, 0.4) is 0 Å². The quantitative estimate of drug-likeness (QED) is 0.413. The van der Waals surface area contributed by atoms with Crippen LogP contribution in [0.1, 0.15) is 6.92 Å². The fraction of sp³-hybridized carbons (Fsp3) is 0.300. The number of hydrogen-bond acceptors (Lipinski definition) is 5. The first-order valence-electron chi connectivity index (χ1n) is 4.87. The minimum atomic E-state index is -1.99. The third kappa shape index (κ3) is 3.53. The van der Waals surface area contributed by atoms with Crippen LogP contribution in [0.15, 0.2) is 18.2 Å². The van der Waals surface area contributed by atoms with Gasteiger partial charge in [0.05, 0.1) is 11.5 Å². The number of nitro benzene ring substituents is 1. The summed E-state index contributed by atoms with van der Waals surface area (Å²) in [6.07, 6.45) is 0. The molecule has 0 spiro atoms. The summed E-state index contributed by atoms with van der Waals surface area (Å²) in [5.74, 6) is -1.40. The van der Waals surface area contributed by atoms with E-state index in [0.717, 1.165) is 6.92 Å². The summed E-state index contributed by atoms with van der Waals surface area (Å²) >= 11 is 1.93. The van der Waals surface area contributed by atoms with E-state index in [1.807, 2.05) is 22.6 Å². The van der Waals surface area contributed by atoms with E-state index in [1.54, 1.807) is 6.07 Å². The molecule has 0 saturated heterocycles. The Morgan fingerprint density at radius 2 is 2.22 bits per heavy atom. The predicted molar refractivity (Wildman–Crippen MR) is 72.6 cm³/mol. The zero-order valence-corrected chi connectivity index (χ0v) is 11.5. The van der Waals surface area contributed by atoms with Crippen molar-refractivity contribution in [3.63, 3.8) is 0 Å². The van der Waals surface area contributed by atoms with Crippen molar-refractivity contribution in [1.82, 2.24) is 0 Å². The van der Waals surface area contributed by atoms with E-state index in [-0.39, 0.29) is 17.9 Å². The summed E-state index contributed by atoms with van der Waals surface area (Å²) < 4.78 is 0.690. The summed E-state index contributed by atoms with van der Waals surface area (Å²) in [5.41, 5.74) is -1.98. The number of aliphatic hydroxyl groups is 1.